The minimum atomic E-state index is -1.06. The van der Waals surface area contributed by atoms with E-state index in [1.165, 1.54) is 19.3 Å². The molecule has 1 atom stereocenters. The summed E-state index contributed by atoms with van der Waals surface area (Å²) in [7, 11) is 0. The van der Waals surface area contributed by atoms with Gasteiger partial charge in [-0.15, -0.1) is 0 Å². The van der Waals surface area contributed by atoms with Crippen LogP contribution in [0.25, 0.3) is 0 Å². The van der Waals surface area contributed by atoms with E-state index < -0.39 is 12.6 Å². The van der Waals surface area contributed by atoms with Gasteiger partial charge in [-0.05, 0) is 32.7 Å². The minimum Gasteiger partial charge on any atom is -0.480 e. The molecule has 0 aliphatic carbocycles. The number of carbonyl (C=O) groups is 2. The van der Waals surface area contributed by atoms with Crippen LogP contribution < -0.4 is 5.32 Å². The van der Waals surface area contributed by atoms with Crippen LogP contribution in [0.15, 0.2) is 0 Å². The van der Waals surface area contributed by atoms with Crippen molar-refractivity contribution < 1.29 is 19.4 Å². The van der Waals surface area contributed by atoms with Crippen molar-refractivity contribution in [2.45, 2.75) is 38.6 Å². The monoisotopic (exact) mass is 272 g/mol. The van der Waals surface area contributed by atoms with Gasteiger partial charge in [0.15, 0.2) is 0 Å². The first-order chi connectivity index (χ1) is 9.09. The quantitative estimate of drug-likeness (QED) is 0.628. The molecule has 6 heteroatoms. The molecule has 0 radical (unpaired) electrons. The summed E-state index contributed by atoms with van der Waals surface area (Å²) in [6, 6.07) is 0.642. The summed E-state index contributed by atoms with van der Waals surface area (Å²) < 4.78 is 4.70. The second-order valence-corrected chi connectivity index (χ2v) is 4.97. The van der Waals surface area contributed by atoms with E-state index in [0.29, 0.717) is 12.6 Å². The zero-order valence-corrected chi connectivity index (χ0v) is 11.6. The highest BCUT2D eigenvalue weighted by Crippen LogP contribution is 2.15. The number of likely N-dealkylation sites (tertiary alicyclic amines) is 1. The van der Waals surface area contributed by atoms with Crippen LogP contribution in [0.1, 0.15) is 32.6 Å². The maximum atomic E-state index is 11.3. The Morgan fingerprint density at radius 1 is 1.37 bits per heavy atom. The maximum absolute atomic E-state index is 11.3. The molecule has 0 aromatic heterocycles. The average Bonchev–Trinajstić information content (AvgIpc) is 2.36. The number of hydrogen-bond acceptors (Lipinski definition) is 4. The predicted molar refractivity (Wildman–Crippen MR) is 71.0 cm³/mol. The number of piperidine rings is 1. The van der Waals surface area contributed by atoms with E-state index in [4.69, 9.17) is 9.84 Å². The Hall–Kier alpha value is -1.14. The number of nitrogens with one attached hydrogen (secondary N) is 1. The first-order valence-electron chi connectivity index (χ1n) is 6.90. The molecule has 1 aliphatic heterocycles. The zero-order valence-electron chi connectivity index (χ0n) is 11.6. The highest BCUT2D eigenvalue weighted by molar-refractivity contribution is 5.77. The molecule has 1 saturated heterocycles. The largest absolute Gasteiger partial charge is 0.480 e. The first kappa shape index (κ1) is 15.9. The lowest BCUT2D eigenvalue weighted by Gasteiger charge is -2.33. The van der Waals surface area contributed by atoms with E-state index in [1.54, 1.807) is 0 Å². The van der Waals surface area contributed by atoms with Crippen LogP contribution in [0.4, 0.5) is 0 Å². The van der Waals surface area contributed by atoms with Crippen molar-refractivity contribution in [3.63, 3.8) is 0 Å². The molecular formula is C13H24N2O4. The number of amides is 1. The molecule has 1 unspecified atom stereocenters. The summed E-state index contributed by atoms with van der Waals surface area (Å²) in [6.45, 7) is 4.38. The van der Waals surface area contributed by atoms with Crippen LogP contribution in [-0.2, 0) is 14.3 Å². The first-order valence-corrected chi connectivity index (χ1v) is 6.90. The second-order valence-electron chi connectivity index (χ2n) is 4.97. The molecule has 1 fully saturated rings. The molecule has 0 saturated carbocycles. The van der Waals surface area contributed by atoms with Gasteiger partial charge in [-0.1, -0.05) is 6.42 Å². The second kappa shape index (κ2) is 8.87. The number of ether oxygens (including phenoxy) is 1. The van der Waals surface area contributed by atoms with Crippen LogP contribution in [0.2, 0.25) is 0 Å². The van der Waals surface area contributed by atoms with Gasteiger partial charge in [0.2, 0.25) is 5.91 Å². The number of hydrogen-bond donors (Lipinski definition) is 2. The lowest BCUT2D eigenvalue weighted by Crippen LogP contribution is -2.39. The van der Waals surface area contributed by atoms with Gasteiger partial charge in [0.25, 0.3) is 0 Å². The van der Waals surface area contributed by atoms with Crippen molar-refractivity contribution in [2.75, 3.05) is 32.8 Å². The number of carboxylic acids is 1. The lowest BCUT2D eigenvalue weighted by molar-refractivity contribution is -0.143. The molecule has 0 aromatic rings. The fraction of sp³-hybridized carbons (Fsp3) is 0.846. The summed E-state index contributed by atoms with van der Waals surface area (Å²) >= 11 is 0. The van der Waals surface area contributed by atoms with E-state index in [0.717, 1.165) is 19.5 Å². The molecule has 1 rings (SSSR count). The van der Waals surface area contributed by atoms with Crippen LogP contribution in [0, 0.1) is 0 Å². The van der Waals surface area contributed by atoms with Crippen LogP contribution in [0.3, 0.4) is 0 Å². The third kappa shape index (κ3) is 7.12. The molecule has 6 nitrogen and oxygen atoms in total. The van der Waals surface area contributed by atoms with E-state index in [9.17, 15) is 9.59 Å². The normalized spacial score (nSPS) is 20.2. The van der Waals surface area contributed by atoms with Gasteiger partial charge in [0.1, 0.15) is 13.2 Å². The molecule has 0 spiro atoms. The molecule has 1 heterocycles. The Labute approximate surface area is 114 Å². The van der Waals surface area contributed by atoms with E-state index in [1.807, 2.05) is 0 Å². The minimum absolute atomic E-state index is 0.188. The predicted octanol–water partition coefficient (Wildman–Crippen LogP) is 0.468. The molecule has 110 valence electrons. The molecule has 2 N–H and O–H groups in total. The standard InChI is InChI=1S/C13H24N2O4/c1-11-5-2-3-7-15(11)8-4-6-14-12(16)9-19-10-13(17)18/h11H,2-10H2,1H3,(H,14,16)(H,17,18). The van der Waals surface area contributed by atoms with Crippen LogP contribution in [-0.4, -0.2) is 60.8 Å². The van der Waals surface area contributed by atoms with Gasteiger partial charge in [-0.2, -0.15) is 0 Å². The highest BCUT2D eigenvalue weighted by atomic mass is 16.5. The fourth-order valence-corrected chi connectivity index (χ4v) is 2.28. The summed E-state index contributed by atoms with van der Waals surface area (Å²) in [5, 5.41) is 11.1. The summed E-state index contributed by atoms with van der Waals surface area (Å²) in [6.07, 6.45) is 4.75. The topological polar surface area (TPSA) is 78.9 Å². The highest BCUT2D eigenvalue weighted by Gasteiger charge is 2.17. The van der Waals surface area contributed by atoms with Gasteiger partial charge >= 0.3 is 5.97 Å². The van der Waals surface area contributed by atoms with Crippen molar-refractivity contribution in [2.24, 2.45) is 0 Å². The Balaban J connectivity index is 2.00. The maximum Gasteiger partial charge on any atom is 0.329 e. The Bertz CT molecular complexity index is 296. The van der Waals surface area contributed by atoms with E-state index >= 15 is 0 Å². The van der Waals surface area contributed by atoms with Crippen molar-refractivity contribution in [3.8, 4) is 0 Å². The van der Waals surface area contributed by atoms with Gasteiger partial charge in [-0.25, -0.2) is 4.79 Å². The average molecular weight is 272 g/mol. The lowest BCUT2D eigenvalue weighted by atomic mass is 10.0. The fourth-order valence-electron chi connectivity index (χ4n) is 2.28. The Morgan fingerprint density at radius 2 is 2.16 bits per heavy atom. The summed E-state index contributed by atoms with van der Waals surface area (Å²) in [5.41, 5.74) is 0. The number of carboxylic acid groups (broad SMARTS) is 1. The summed E-state index contributed by atoms with van der Waals surface area (Å²) in [5.74, 6) is -1.32. The van der Waals surface area contributed by atoms with Crippen LogP contribution >= 0.6 is 0 Å². The molecule has 19 heavy (non-hydrogen) atoms. The third-order valence-corrected chi connectivity index (χ3v) is 3.34. The van der Waals surface area contributed by atoms with E-state index in [2.05, 4.69) is 17.1 Å². The molecule has 0 bridgehead atoms. The molecule has 1 amide bonds. The van der Waals surface area contributed by atoms with Crippen molar-refractivity contribution in [1.29, 1.82) is 0 Å². The van der Waals surface area contributed by atoms with E-state index in [-0.39, 0.29) is 12.5 Å². The number of rotatable bonds is 8. The SMILES string of the molecule is CC1CCCCN1CCCNC(=O)COCC(=O)O. The van der Waals surface area contributed by atoms with Crippen molar-refractivity contribution in [1.82, 2.24) is 10.2 Å². The summed E-state index contributed by atoms with van der Waals surface area (Å²) in [4.78, 5) is 23.9. The number of nitrogens with zero attached hydrogens (tertiary/aromatic N) is 1. The third-order valence-electron chi connectivity index (χ3n) is 3.34. The number of carbonyl (C=O) groups excluding carboxylic acids is 1. The van der Waals surface area contributed by atoms with Gasteiger partial charge in [0.05, 0.1) is 0 Å². The van der Waals surface area contributed by atoms with Gasteiger partial charge < -0.3 is 20.1 Å². The van der Waals surface area contributed by atoms with Gasteiger partial charge in [0, 0.05) is 19.1 Å². The molecule has 1 aliphatic rings. The van der Waals surface area contributed by atoms with Gasteiger partial charge in [-0.3, -0.25) is 4.79 Å². The number of aliphatic carboxylic acids is 1. The molecular weight excluding hydrogens is 248 g/mol. The Morgan fingerprint density at radius 3 is 2.84 bits per heavy atom. The van der Waals surface area contributed by atoms with Crippen LogP contribution in [0.5, 0.6) is 0 Å². The smallest absolute Gasteiger partial charge is 0.329 e. The van der Waals surface area contributed by atoms with Crippen molar-refractivity contribution >= 4 is 11.9 Å². The Kier molecular flexibility index (Phi) is 7.43. The van der Waals surface area contributed by atoms with Crippen molar-refractivity contribution in [3.05, 3.63) is 0 Å². The zero-order chi connectivity index (χ0) is 14.1. The molecule has 0 aromatic carbocycles.